The molecule has 1 heterocycles. The van der Waals surface area contributed by atoms with Crippen molar-refractivity contribution in [1.29, 1.82) is 0 Å². The molecule has 2 rings (SSSR count). The van der Waals surface area contributed by atoms with Crippen LogP contribution in [-0.4, -0.2) is 5.38 Å². The van der Waals surface area contributed by atoms with Crippen LogP contribution in [0.25, 0.3) is 0 Å². The van der Waals surface area contributed by atoms with Gasteiger partial charge in [-0.25, -0.2) is 0 Å². The molecule has 3 unspecified atom stereocenters. The third kappa shape index (κ3) is 2.41. The van der Waals surface area contributed by atoms with E-state index in [2.05, 4.69) is 36.6 Å². The summed E-state index contributed by atoms with van der Waals surface area (Å²) in [5.41, 5.74) is 0.0534. The van der Waals surface area contributed by atoms with Gasteiger partial charge >= 0.3 is 0 Å². The smallest absolute Gasteiger partial charge is 0.0766 e. The summed E-state index contributed by atoms with van der Waals surface area (Å²) in [4.78, 5) is 1.25. The van der Waals surface area contributed by atoms with Gasteiger partial charge in [0.25, 0.3) is 0 Å². The van der Waals surface area contributed by atoms with Crippen LogP contribution in [0.4, 0.5) is 0 Å². The van der Waals surface area contributed by atoms with E-state index in [1.165, 1.54) is 4.88 Å². The first-order chi connectivity index (χ1) is 7.12. The molecular formula is C12H14Cl2S. The molecule has 0 saturated carbocycles. The van der Waals surface area contributed by atoms with E-state index < -0.39 is 0 Å². The highest BCUT2D eigenvalue weighted by Gasteiger charge is 2.34. The summed E-state index contributed by atoms with van der Waals surface area (Å²) >= 11 is 14.3. The Morgan fingerprint density at radius 3 is 2.93 bits per heavy atom. The molecule has 1 aromatic heterocycles. The van der Waals surface area contributed by atoms with Gasteiger partial charge in [0.1, 0.15) is 0 Å². The second-order valence-corrected chi connectivity index (χ2v) is 6.27. The van der Waals surface area contributed by atoms with Gasteiger partial charge in [-0.2, -0.15) is 0 Å². The molecule has 3 heteroatoms. The maximum absolute atomic E-state index is 6.53. The van der Waals surface area contributed by atoms with E-state index in [1.54, 1.807) is 11.3 Å². The lowest BCUT2D eigenvalue weighted by molar-refractivity contribution is 0.354. The maximum atomic E-state index is 6.53. The molecule has 0 aromatic carbocycles. The topological polar surface area (TPSA) is 0 Å². The zero-order chi connectivity index (χ0) is 10.9. The summed E-state index contributed by atoms with van der Waals surface area (Å²) in [6.07, 6.45) is 6.34. The van der Waals surface area contributed by atoms with E-state index in [9.17, 15) is 0 Å². The fourth-order valence-corrected chi connectivity index (χ4v) is 3.38. The Labute approximate surface area is 105 Å². The van der Waals surface area contributed by atoms with E-state index in [0.717, 1.165) is 12.8 Å². The van der Waals surface area contributed by atoms with Crippen molar-refractivity contribution in [2.75, 3.05) is 0 Å². The van der Waals surface area contributed by atoms with Crippen LogP contribution >= 0.6 is 34.5 Å². The number of rotatable bonds is 2. The molecule has 0 nitrogen and oxygen atoms in total. The Kier molecular flexibility index (Phi) is 3.44. The Balaban J connectivity index is 2.19. The van der Waals surface area contributed by atoms with Crippen LogP contribution in [0.15, 0.2) is 29.7 Å². The van der Waals surface area contributed by atoms with Crippen molar-refractivity contribution >= 4 is 34.5 Å². The molecule has 0 N–H and O–H groups in total. The summed E-state index contributed by atoms with van der Waals surface area (Å²) in [5.74, 6) is 0. The Hall–Kier alpha value is 0.0200. The first kappa shape index (κ1) is 11.5. The number of hydrogen-bond acceptors (Lipinski definition) is 1. The normalized spacial score (nSPS) is 32.9. The fourth-order valence-electron chi connectivity index (χ4n) is 1.92. The highest BCUT2D eigenvalue weighted by atomic mass is 35.5. The largest absolute Gasteiger partial charge is 0.147 e. The zero-order valence-electron chi connectivity index (χ0n) is 8.62. The molecule has 0 bridgehead atoms. The molecule has 3 atom stereocenters. The van der Waals surface area contributed by atoms with Crippen LogP contribution in [0.5, 0.6) is 0 Å². The van der Waals surface area contributed by atoms with E-state index in [4.69, 9.17) is 23.2 Å². The SMILES string of the molecule is CC1(C(Cl)c2cccs2)C=CC(Cl)CC1. The molecule has 0 fully saturated rings. The maximum Gasteiger partial charge on any atom is 0.0766 e. The van der Waals surface area contributed by atoms with Crippen LogP contribution in [0.2, 0.25) is 0 Å². The van der Waals surface area contributed by atoms with Crippen molar-refractivity contribution in [3.05, 3.63) is 34.5 Å². The predicted molar refractivity (Wildman–Crippen MR) is 69.0 cm³/mol. The molecule has 0 spiro atoms. The summed E-state index contributed by atoms with van der Waals surface area (Å²) < 4.78 is 0. The quantitative estimate of drug-likeness (QED) is 0.519. The van der Waals surface area contributed by atoms with Crippen LogP contribution < -0.4 is 0 Å². The third-order valence-electron chi connectivity index (χ3n) is 3.02. The highest BCUT2D eigenvalue weighted by molar-refractivity contribution is 7.10. The van der Waals surface area contributed by atoms with Crippen LogP contribution in [0.1, 0.15) is 30.0 Å². The molecule has 1 aliphatic carbocycles. The van der Waals surface area contributed by atoms with Gasteiger partial charge in [-0.15, -0.1) is 34.5 Å². The van der Waals surface area contributed by atoms with Crippen molar-refractivity contribution in [2.24, 2.45) is 5.41 Å². The number of thiophene rings is 1. The number of halogens is 2. The second kappa shape index (κ2) is 4.48. The monoisotopic (exact) mass is 260 g/mol. The van der Waals surface area contributed by atoms with Crippen LogP contribution in [0, 0.1) is 5.41 Å². The standard InChI is InChI=1S/C12H14Cl2S/c1-12(6-4-9(13)5-7-12)11(14)10-3-2-8-15-10/h2-4,6,8-9,11H,5,7H2,1H3. The summed E-state index contributed by atoms with van der Waals surface area (Å²) in [6, 6.07) is 4.16. The van der Waals surface area contributed by atoms with Gasteiger partial charge in [-0.3, -0.25) is 0 Å². The Bertz CT molecular complexity index is 345. The van der Waals surface area contributed by atoms with Gasteiger partial charge in [0.15, 0.2) is 0 Å². The summed E-state index contributed by atoms with van der Waals surface area (Å²) in [7, 11) is 0. The average Bonchev–Trinajstić information content (AvgIpc) is 2.75. The second-order valence-electron chi connectivity index (χ2n) is 4.30. The summed E-state index contributed by atoms with van der Waals surface area (Å²) in [5, 5.41) is 2.33. The molecule has 0 radical (unpaired) electrons. The minimum Gasteiger partial charge on any atom is -0.147 e. The lowest BCUT2D eigenvalue weighted by Gasteiger charge is -2.34. The van der Waals surface area contributed by atoms with Gasteiger partial charge in [-0.1, -0.05) is 25.1 Å². The van der Waals surface area contributed by atoms with Gasteiger partial charge in [0.05, 0.1) is 10.8 Å². The lowest BCUT2D eigenvalue weighted by atomic mass is 9.77. The third-order valence-corrected chi connectivity index (χ3v) is 5.18. The molecule has 0 saturated heterocycles. The average molecular weight is 261 g/mol. The van der Waals surface area contributed by atoms with E-state index >= 15 is 0 Å². The molecule has 1 aliphatic rings. The number of hydrogen-bond donors (Lipinski definition) is 0. The Morgan fingerprint density at radius 1 is 1.60 bits per heavy atom. The van der Waals surface area contributed by atoms with E-state index in [1.807, 2.05) is 0 Å². The van der Waals surface area contributed by atoms with Crippen molar-refractivity contribution in [3.8, 4) is 0 Å². The molecule has 15 heavy (non-hydrogen) atoms. The van der Waals surface area contributed by atoms with Crippen molar-refractivity contribution in [1.82, 2.24) is 0 Å². The van der Waals surface area contributed by atoms with Gasteiger partial charge < -0.3 is 0 Å². The molecule has 0 amide bonds. The van der Waals surface area contributed by atoms with Crippen LogP contribution in [0.3, 0.4) is 0 Å². The van der Waals surface area contributed by atoms with Gasteiger partial charge in [0.2, 0.25) is 0 Å². The van der Waals surface area contributed by atoms with Crippen molar-refractivity contribution in [3.63, 3.8) is 0 Å². The first-order valence-corrected chi connectivity index (χ1v) is 6.88. The predicted octanol–water partition coefficient (Wildman–Crippen LogP) is 4.99. The lowest BCUT2D eigenvalue weighted by Crippen LogP contribution is -2.24. The van der Waals surface area contributed by atoms with Crippen molar-refractivity contribution in [2.45, 2.75) is 30.5 Å². The highest BCUT2D eigenvalue weighted by Crippen LogP contribution is 2.47. The van der Waals surface area contributed by atoms with Crippen LogP contribution in [-0.2, 0) is 0 Å². The Morgan fingerprint density at radius 2 is 2.40 bits per heavy atom. The first-order valence-electron chi connectivity index (χ1n) is 5.13. The van der Waals surface area contributed by atoms with Gasteiger partial charge in [-0.05, 0) is 24.3 Å². The minimum absolute atomic E-state index is 0.0534. The molecular weight excluding hydrogens is 247 g/mol. The fraction of sp³-hybridized carbons (Fsp3) is 0.500. The van der Waals surface area contributed by atoms with Gasteiger partial charge in [0, 0.05) is 10.3 Å². The zero-order valence-corrected chi connectivity index (χ0v) is 10.9. The number of allylic oxidation sites excluding steroid dienone is 2. The van der Waals surface area contributed by atoms with E-state index in [0.29, 0.717) is 0 Å². The summed E-state index contributed by atoms with van der Waals surface area (Å²) in [6.45, 7) is 2.21. The number of alkyl halides is 2. The van der Waals surface area contributed by atoms with Crippen molar-refractivity contribution < 1.29 is 0 Å². The molecule has 82 valence electrons. The minimum atomic E-state index is 0.0534. The van der Waals surface area contributed by atoms with E-state index in [-0.39, 0.29) is 16.2 Å². The molecule has 0 aliphatic heterocycles. The molecule has 1 aromatic rings.